The number of halogens is 6. The second-order valence-electron chi connectivity index (χ2n) is 10.6. The van der Waals surface area contributed by atoms with Crippen molar-refractivity contribution in [3.63, 3.8) is 0 Å². The lowest BCUT2D eigenvalue weighted by Gasteiger charge is -2.25. The van der Waals surface area contributed by atoms with Crippen molar-refractivity contribution in [2.45, 2.75) is 57.7 Å². The molecular weight excluding hydrogens is 638 g/mol. The highest BCUT2D eigenvalue weighted by Gasteiger charge is 2.80. The van der Waals surface area contributed by atoms with Crippen LogP contribution in [-0.4, -0.2) is 29.7 Å². The van der Waals surface area contributed by atoms with Crippen LogP contribution in [0.4, 0.5) is 26.3 Å². The van der Waals surface area contributed by atoms with E-state index in [1.54, 1.807) is 74.5 Å². The first kappa shape index (κ1) is 32.5. The SMILES string of the molecule is Cc1sc(C(=O)O[C@H](C)c2ccccc2)cc1C1=C(c2cc(C(=O)O[C@H](C)c3ccccc3)sc2C)C(F)(F)C(F)(F)C1(F)F. The van der Waals surface area contributed by atoms with Crippen molar-refractivity contribution >= 4 is 45.8 Å². The summed E-state index contributed by atoms with van der Waals surface area (Å²) in [5, 5.41) is 0. The predicted octanol–water partition coefficient (Wildman–Crippen LogP) is 10.1. The van der Waals surface area contributed by atoms with Crippen LogP contribution in [0, 0.1) is 13.8 Å². The molecule has 2 heterocycles. The van der Waals surface area contributed by atoms with E-state index in [2.05, 4.69) is 0 Å². The quantitative estimate of drug-likeness (QED) is 0.139. The van der Waals surface area contributed by atoms with Gasteiger partial charge in [-0.05, 0) is 62.1 Å². The van der Waals surface area contributed by atoms with E-state index in [0.717, 1.165) is 12.1 Å². The van der Waals surface area contributed by atoms with Crippen molar-refractivity contribution in [1.29, 1.82) is 0 Å². The number of hydrogen-bond acceptors (Lipinski definition) is 6. The molecule has 0 fully saturated rings. The Bertz CT molecular complexity index is 1650. The molecule has 2 atom stereocenters. The average Bonchev–Trinajstić information content (AvgIpc) is 3.60. The number of benzene rings is 2. The number of allylic oxidation sites excluding steroid dienone is 2. The van der Waals surface area contributed by atoms with E-state index in [-0.39, 0.29) is 19.5 Å². The third-order valence-electron chi connectivity index (χ3n) is 7.55. The van der Waals surface area contributed by atoms with E-state index in [1.807, 2.05) is 0 Å². The van der Waals surface area contributed by atoms with Crippen LogP contribution >= 0.6 is 22.7 Å². The summed E-state index contributed by atoms with van der Waals surface area (Å²) in [7, 11) is 0. The summed E-state index contributed by atoms with van der Waals surface area (Å²) in [4.78, 5) is 25.3. The molecule has 0 aliphatic heterocycles. The van der Waals surface area contributed by atoms with Gasteiger partial charge in [-0.1, -0.05) is 60.7 Å². The van der Waals surface area contributed by atoms with Crippen molar-refractivity contribution in [3.05, 3.63) is 115 Å². The molecule has 5 rings (SSSR count). The monoisotopic (exact) mass is 664 g/mol. The predicted molar refractivity (Wildman–Crippen MR) is 160 cm³/mol. The van der Waals surface area contributed by atoms with E-state index in [9.17, 15) is 18.4 Å². The molecule has 0 amide bonds. The van der Waals surface area contributed by atoms with E-state index in [0.29, 0.717) is 33.8 Å². The summed E-state index contributed by atoms with van der Waals surface area (Å²) < 4.78 is 103. The number of esters is 2. The summed E-state index contributed by atoms with van der Waals surface area (Å²) in [6.45, 7) is 5.70. The summed E-state index contributed by atoms with van der Waals surface area (Å²) >= 11 is 1.32. The zero-order chi connectivity index (χ0) is 32.9. The van der Waals surface area contributed by atoms with Crippen LogP contribution in [0.5, 0.6) is 0 Å². The molecule has 0 spiro atoms. The number of ether oxygens (including phenoxy) is 2. The van der Waals surface area contributed by atoms with Gasteiger partial charge in [0.05, 0.1) is 0 Å². The molecule has 0 N–H and O–H groups in total. The Kier molecular flexibility index (Phi) is 8.52. The summed E-state index contributed by atoms with van der Waals surface area (Å²) in [5.74, 6) is -18.3. The number of thiophene rings is 2. The minimum Gasteiger partial charge on any atom is -0.454 e. The smallest absolute Gasteiger partial charge is 0.380 e. The maximum atomic E-state index is 15.5. The van der Waals surface area contributed by atoms with Gasteiger partial charge < -0.3 is 9.47 Å². The number of carbonyl (C=O) groups excluding carboxylic acids is 2. The molecule has 4 aromatic rings. The van der Waals surface area contributed by atoms with Gasteiger partial charge in [0.25, 0.3) is 0 Å². The highest BCUT2D eigenvalue weighted by Crippen LogP contribution is 2.65. The van der Waals surface area contributed by atoms with Gasteiger partial charge in [-0.25, -0.2) is 9.59 Å². The number of rotatable bonds is 8. The Morgan fingerprint density at radius 3 is 1.29 bits per heavy atom. The molecule has 12 heteroatoms. The van der Waals surface area contributed by atoms with Gasteiger partial charge in [0.2, 0.25) is 0 Å². The minimum absolute atomic E-state index is 0.0702. The van der Waals surface area contributed by atoms with Crippen molar-refractivity contribution in [1.82, 2.24) is 0 Å². The van der Waals surface area contributed by atoms with E-state index < -0.39 is 64.2 Å². The summed E-state index contributed by atoms with van der Waals surface area (Å²) in [6.07, 6.45) is -1.48. The van der Waals surface area contributed by atoms with Crippen LogP contribution in [0.25, 0.3) is 11.1 Å². The van der Waals surface area contributed by atoms with Crippen molar-refractivity contribution in [2.75, 3.05) is 0 Å². The highest BCUT2D eigenvalue weighted by atomic mass is 32.1. The molecule has 0 saturated heterocycles. The number of hydrogen-bond donors (Lipinski definition) is 0. The maximum Gasteiger partial charge on any atom is 0.380 e. The third-order valence-corrected chi connectivity index (χ3v) is 9.61. The number of carbonyl (C=O) groups is 2. The fourth-order valence-electron chi connectivity index (χ4n) is 5.12. The van der Waals surface area contributed by atoms with Gasteiger partial charge in [-0.3, -0.25) is 0 Å². The lowest BCUT2D eigenvalue weighted by atomic mass is 9.95. The van der Waals surface area contributed by atoms with Crippen molar-refractivity contribution in [2.24, 2.45) is 0 Å². The highest BCUT2D eigenvalue weighted by molar-refractivity contribution is 7.14. The lowest BCUT2D eigenvalue weighted by molar-refractivity contribution is -0.254. The molecule has 1 aliphatic carbocycles. The zero-order valence-corrected chi connectivity index (χ0v) is 25.9. The Morgan fingerprint density at radius 2 is 0.956 bits per heavy atom. The molecule has 0 saturated carbocycles. The average molecular weight is 665 g/mol. The standard InChI is InChI=1S/C33H26F6O4S2/c1-17(21-11-7-5-8-12-21)42-29(40)25-15-23(19(3)44-25)27-28(32(36,37)33(38,39)31(27,34)35)24-16-26(45-20(24)4)30(41)43-18(2)22-13-9-6-10-14-22/h5-18H,1-4H3/t17-,18-/m1/s1. The number of alkyl halides is 6. The van der Waals surface area contributed by atoms with E-state index in [1.165, 1.54) is 13.8 Å². The molecule has 45 heavy (non-hydrogen) atoms. The van der Waals surface area contributed by atoms with E-state index in [4.69, 9.17) is 9.47 Å². The Morgan fingerprint density at radius 1 is 0.622 bits per heavy atom. The molecule has 236 valence electrons. The van der Waals surface area contributed by atoms with Gasteiger partial charge in [-0.15, -0.1) is 22.7 Å². The van der Waals surface area contributed by atoms with E-state index >= 15 is 17.6 Å². The maximum absolute atomic E-state index is 15.5. The zero-order valence-electron chi connectivity index (χ0n) is 24.3. The normalized spacial score (nSPS) is 18.0. The van der Waals surface area contributed by atoms with Gasteiger partial charge in [0.1, 0.15) is 22.0 Å². The second-order valence-corrected chi connectivity index (χ2v) is 13.1. The first-order valence-electron chi connectivity index (χ1n) is 13.7. The molecule has 1 aliphatic rings. The van der Waals surface area contributed by atoms with Crippen molar-refractivity contribution < 1.29 is 45.4 Å². The summed E-state index contributed by atoms with van der Waals surface area (Å²) in [6, 6.07) is 19.0. The second kappa shape index (κ2) is 11.8. The third kappa shape index (κ3) is 5.58. The van der Waals surface area contributed by atoms with Crippen LogP contribution < -0.4 is 0 Å². The van der Waals surface area contributed by atoms with Crippen LogP contribution in [-0.2, 0) is 9.47 Å². The first-order valence-corrected chi connectivity index (χ1v) is 15.3. The molecule has 0 unspecified atom stereocenters. The van der Waals surface area contributed by atoms with Gasteiger partial charge >= 0.3 is 29.7 Å². The fourth-order valence-corrected chi connectivity index (χ4v) is 6.93. The van der Waals surface area contributed by atoms with Crippen LogP contribution in [0.1, 0.15) is 77.4 Å². The molecular formula is C33H26F6O4S2. The molecule has 0 radical (unpaired) electrons. The summed E-state index contributed by atoms with van der Waals surface area (Å²) in [5.41, 5.74) is -3.20. The number of aryl methyl sites for hydroxylation is 2. The molecule has 2 aromatic heterocycles. The Balaban J connectivity index is 1.56. The fraction of sp³-hybridized carbons (Fsp3) is 0.273. The Labute approximate surface area is 262 Å². The van der Waals surface area contributed by atoms with Crippen LogP contribution in [0.3, 0.4) is 0 Å². The van der Waals surface area contributed by atoms with Crippen LogP contribution in [0.2, 0.25) is 0 Å². The molecule has 2 aromatic carbocycles. The molecule has 0 bridgehead atoms. The molecule has 4 nitrogen and oxygen atoms in total. The minimum atomic E-state index is -5.81. The lowest BCUT2D eigenvalue weighted by Crippen LogP contribution is -2.48. The Hall–Kier alpha value is -3.90. The van der Waals surface area contributed by atoms with Gasteiger partial charge in [0.15, 0.2) is 0 Å². The van der Waals surface area contributed by atoms with Gasteiger partial charge in [-0.2, -0.15) is 26.3 Å². The first-order chi connectivity index (χ1) is 21.1. The topological polar surface area (TPSA) is 52.6 Å². The van der Waals surface area contributed by atoms with Gasteiger partial charge in [0, 0.05) is 20.9 Å². The van der Waals surface area contributed by atoms with Crippen molar-refractivity contribution in [3.8, 4) is 0 Å². The van der Waals surface area contributed by atoms with Crippen LogP contribution in [0.15, 0.2) is 72.8 Å². The largest absolute Gasteiger partial charge is 0.454 e.